The molecule has 0 aromatic heterocycles. The third-order valence-corrected chi connectivity index (χ3v) is 2.84. The normalized spacial score (nSPS) is 12.5. The first-order chi connectivity index (χ1) is 9.67. The summed E-state index contributed by atoms with van der Waals surface area (Å²) in [4.78, 5) is 4.33. The fourth-order valence-corrected chi connectivity index (χ4v) is 1.69. The third kappa shape index (κ3) is 8.21. The van der Waals surface area contributed by atoms with E-state index < -0.39 is 6.10 Å². The van der Waals surface area contributed by atoms with Crippen LogP contribution in [0.25, 0.3) is 0 Å². The number of aliphatic hydroxyl groups is 1. The molecule has 1 rings (SSSR count). The Morgan fingerprint density at radius 1 is 1.24 bits per heavy atom. The van der Waals surface area contributed by atoms with Crippen molar-refractivity contribution in [3.8, 4) is 0 Å². The van der Waals surface area contributed by atoms with Gasteiger partial charge in [-0.25, -0.2) is 4.39 Å². The minimum absolute atomic E-state index is 0. The van der Waals surface area contributed by atoms with E-state index in [4.69, 9.17) is 0 Å². The van der Waals surface area contributed by atoms with E-state index in [2.05, 4.69) is 22.5 Å². The van der Waals surface area contributed by atoms with Crippen LogP contribution in [0.1, 0.15) is 38.4 Å². The Hall–Kier alpha value is -0.890. The van der Waals surface area contributed by atoms with E-state index in [1.54, 1.807) is 12.1 Å². The van der Waals surface area contributed by atoms with Crippen LogP contribution in [0.15, 0.2) is 29.3 Å². The summed E-state index contributed by atoms with van der Waals surface area (Å²) in [6.45, 7) is 5.99. The second kappa shape index (κ2) is 11.7. The topological polar surface area (TPSA) is 56.7 Å². The molecule has 1 aromatic carbocycles. The summed E-state index contributed by atoms with van der Waals surface area (Å²) in [7, 11) is 0. The lowest BCUT2D eigenvalue weighted by atomic mass is 10.1. The molecule has 1 unspecified atom stereocenters. The van der Waals surface area contributed by atoms with E-state index in [1.807, 2.05) is 6.92 Å². The van der Waals surface area contributed by atoms with Crippen LogP contribution in [0.2, 0.25) is 0 Å². The number of guanidine groups is 1. The van der Waals surface area contributed by atoms with Crippen LogP contribution in [0.4, 0.5) is 4.39 Å². The Kier molecular flexibility index (Phi) is 11.2. The first-order valence-electron chi connectivity index (χ1n) is 7.13. The van der Waals surface area contributed by atoms with E-state index >= 15 is 0 Å². The highest BCUT2D eigenvalue weighted by molar-refractivity contribution is 14.0. The molecule has 3 N–H and O–H groups in total. The van der Waals surface area contributed by atoms with Crippen LogP contribution in [-0.2, 0) is 0 Å². The first kappa shape index (κ1) is 20.1. The molecule has 6 heteroatoms. The standard InChI is InChI=1S/C15H24FN3O.HI/c1-3-5-10-18-15(17-4-2)19-11-14(20)12-6-8-13(16)9-7-12;/h6-9,14,20H,3-5,10-11H2,1-2H3,(H2,17,18,19);1H. The van der Waals surface area contributed by atoms with Gasteiger partial charge in [-0.15, -0.1) is 24.0 Å². The zero-order valence-electron chi connectivity index (χ0n) is 12.6. The van der Waals surface area contributed by atoms with E-state index in [-0.39, 0.29) is 36.3 Å². The van der Waals surface area contributed by atoms with Gasteiger partial charge in [0.25, 0.3) is 0 Å². The van der Waals surface area contributed by atoms with Crippen molar-refractivity contribution in [3.63, 3.8) is 0 Å². The molecule has 0 radical (unpaired) electrons. The molecule has 0 saturated carbocycles. The largest absolute Gasteiger partial charge is 0.386 e. The van der Waals surface area contributed by atoms with Gasteiger partial charge in [0.2, 0.25) is 0 Å². The fourth-order valence-electron chi connectivity index (χ4n) is 1.69. The predicted molar refractivity (Wildman–Crippen MR) is 95.7 cm³/mol. The van der Waals surface area contributed by atoms with Crippen LogP contribution < -0.4 is 10.6 Å². The average Bonchev–Trinajstić information content (AvgIpc) is 2.45. The van der Waals surface area contributed by atoms with Crippen molar-refractivity contribution in [3.05, 3.63) is 35.6 Å². The highest BCUT2D eigenvalue weighted by atomic mass is 127. The van der Waals surface area contributed by atoms with Gasteiger partial charge in [0.05, 0.1) is 12.6 Å². The Balaban J connectivity index is 0.00000400. The van der Waals surface area contributed by atoms with E-state index in [1.165, 1.54) is 12.1 Å². The summed E-state index contributed by atoms with van der Waals surface area (Å²) in [6.07, 6.45) is 1.47. The second-order valence-corrected chi connectivity index (χ2v) is 4.57. The molecular weight excluding hydrogens is 384 g/mol. The van der Waals surface area contributed by atoms with Gasteiger partial charge in [0, 0.05) is 13.1 Å². The lowest BCUT2D eigenvalue weighted by Crippen LogP contribution is -2.38. The summed E-state index contributed by atoms with van der Waals surface area (Å²) < 4.78 is 12.8. The Labute approximate surface area is 143 Å². The smallest absolute Gasteiger partial charge is 0.191 e. The Bertz CT molecular complexity index is 412. The number of hydrogen-bond acceptors (Lipinski definition) is 2. The molecule has 21 heavy (non-hydrogen) atoms. The highest BCUT2D eigenvalue weighted by Gasteiger charge is 2.07. The predicted octanol–water partition coefficient (Wildman–Crippen LogP) is 2.83. The summed E-state index contributed by atoms with van der Waals surface area (Å²) in [5.41, 5.74) is 0.666. The molecule has 0 aliphatic rings. The number of nitrogens with one attached hydrogen (secondary N) is 2. The Morgan fingerprint density at radius 3 is 2.48 bits per heavy atom. The lowest BCUT2D eigenvalue weighted by Gasteiger charge is -2.13. The van der Waals surface area contributed by atoms with E-state index in [0.29, 0.717) is 11.5 Å². The van der Waals surface area contributed by atoms with Crippen molar-refractivity contribution in [1.29, 1.82) is 0 Å². The molecule has 0 bridgehead atoms. The average molecular weight is 409 g/mol. The minimum Gasteiger partial charge on any atom is -0.386 e. The zero-order valence-corrected chi connectivity index (χ0v) is 14.9. The van der Waals surface area contributed by atoms with Crippen molar-refractivity contribution < 1.29 is 9.50 Å². The molecule has 120 valence electrons. The summed E-state index contributed by atoms with van der Waals surface area (Å²) in [5, 5.41) is 16.3. The van der Waals surface area contributed by atoms with Gasteiger partial charge >= 0.3 is 0 Å². The van der Waals surface area contributed by atoms with Crippen LogP contribution in [0.3, 0.4) is 0 Å². The van der Waals surface area contributed by atoms with Gasteiger partial charge in [-0.3, -0.25) is 4.99 Å². The quantitative estimate of drug-likeness (QED) is 0.281. The van der Waals surface area contributed by atoms with Gasteiger partial charge in [-0.1, -0.05) is 25.5 Å². The van der Waals surface area contributed by atoms with Gasteiger partial charge < -0.3 is 15.7 Å². The Morgan fingerprint density at radius 2 is 1.90 bits per heavy atom. The number of unbranched alkanes of at least 4 members (excludes halogenated alkanes) is 1. The zero-order chi connectivity index (χ0) is 14.8. The molecule has 0 spiro atoms. The molecule has 0 heterocycles. The fraction of sp³-hybridized carbons (Fsp3) is 0.533. The number of rotatable bonds is 7. The molecule has 0 aliphatic heterocycles. The van der Waals surface area contributed by atoms with Crippen molar-refractivity contribution in [2.24, 2.45) is 4.99 Å². The number of benzene rings is 1. The lowest BCUT2D eigenvalue weighted by molar-refractivity contribution is 0.187. The van der Waals surface area contributed by atoms with Gasteiger partial charge in [0.1, 0.15) is 5.82 Å². The SMILES string of the molecule is CCCCNC(=NCC(O)c1ccc(F)cc1)NCC.I. The minimum atomic E-state index is -0.725. The number of hydrogen-bond donors (Lipinski definition) is 3. The van der Waals surface area contributed by atoms with Crippen LogP contribution in [-0.4, -0.2) is 30.7 Å². The summed E-state index contributed by atoms with van der Waals surface area (Å²) >= 11 is 0. The molecular formula is C15H25FIN3O. The molecule has 4 nitrogen and oxygen atoms in total. The van der Waals surface area contributed by atoms with Crippen molar-refractivity contribution in [2.45, 2.75) is 32.8 Å². The van der Waals surface area contributed by atoms with Crippen LogP contribution >= 0.6 is 24.0 Å². The van der Waals surface area contributed by atoms with Gasteiger partial charge in [0.15, 0.2) is 5.96 Å². The number of nitrogens with zero attached hydrogens (tertiary/aromatic N) is 1. The number of aliphatic imine (C=N–C) groups is 1. The highest BCUT2D eigenvalue weighted by Crippen LogP contribution is 2.13. The second-order valence-electron chi connectivity index (χ2n) is 4.57. The molecule has 1 aromatic rings. The van der Waals surface area contributed by atoms with Gasteiger partial charge in [-0.05, 0) is 31.0 Å². The maximum absolute atomic E-state index is 12.8. The third-order valence-electron chi connectivity index (χ3n) is 2.84. The molecule has 0 fully saturated rings. The number of halogens is 2. The maximum atomic E-state index is 12.8. The molecule has 0 saturated heterocycles. The monoisotopic (exact) mass is 409 g/mol. The van der Waals surface area contributed by atoms with E-state index in [9.17, 15) is 9.50 Å². The maximum Gasteiger partial charge on any atom is 0.191 e. The van der Waals surface area contributed by atoms with Crippen LogP contribution in [0.5, 0.6) is 0 Å². The van der Waals surface area contributed by atoms with Gasteiger partial charge in [-0.2, -0.15) is 0 Å². The van der Waals surface area contributed by atoms with E-state index in [0.717, 1.165) is 25.9 Å². The van der Waals surface area contributed by atoms with Crippen molar-refractivity contribution in [1.82, 2.24) is 10.6 Å². The summed E-state index contributed by atoms with van der Waals surface area (Å²) in [5.74, 6) is 0.390. The van der Waals surface area contributed by atoms with Crippen molar-refractivity contribution in [2.75, 3.05) is 19.6 Å². The summed E-state index contributed by atoms with van der Waals surface area (Å²) in [6, 6.07) is 5.83. The molecule has 1 atom stereocenters. The van der Waals surface area contributed by atoms with Crippen molar-refractivity contribution >= 4 is 29.9 Å². The number of aliphatic hydroxyl groups excluding tert-OH is 1. The molecule has 0 amide bonds. The molecule has 0 aliphatic carbocycles. The first-order valence-corrected chi connectivity index (χ1v) is 7.13. The van der Waals surface area contributed by atoms with Crippen LogP contribution in [0, 0.1) is 5.82 Å².